The number of carboxylic acids is 1. The van der Waals surface area contributed by atoms with Crippen LogP contribution in [0.4, 0.5) is 5.69 Å². The van der Waals surface area contributed by atoms with Crippen LogP contribution in [0.3, 0.4) is 0 Å². The molecule has 0 unspecified atom stereocenters. The molecule has 1 aliphatic carbocycles. The van der Waals surface area contributed by atoms with Gasteiger partial charge in [-0.2, -0.15) is 0 Å². The number of anilines is 1. The Kier molecular flexibility index (Phi) is 3.24. The zero-order valence-corrected chi connectivity index (χ0v) is 12.0. The Morgan fingerprint density at radius 3 is 2.30 bits per heavy atom. The average molecular weight is 277 g/mol. The zero-order valence-electron chi connectivity index (χ0n) is 12.0. The maximum atomic E-state index is 12.2. The van der Waals surface area contributed by atoms with Crippen molar-refractivity contribution < 1.29 is 19.8 Å². The topological polar surface area (TPSA) is 86.6 Å². The highest BCUT2D eigenvalue weighted by Gasteiger charge is 2.65. The third-order valence-electron chi connectivity index (χ3n) is 4.27. The molecule has 3 N–H and O–H groups in total. The first-order valence-corrected chi connectivity index (χ1v) is 6.50. The van der Waals surface area contributed by atoms with E-state index in [1.54, 1.807) is 39.8 Å². The van der Waals surface area contributed by atoms with Crippen molar-refractivity contribution in [2.45, 2.75) is 27.7 Å². The van der Waals surface area contributed by atoms with E-state index in [9.17, 15) is 14.7 Å². The minimum absolute atomic E-state index is 0.146. The standard InChI is InChI=1S/C15H19NO4/c1-7-5-6-9(8(2)12(7)17)16-13(18)10-11(14(19)20)15(10,3)4/h5-6,10-11,17H,1-4H3,(H,16,18)(H,19,20)/t10-,11+/m1/s1. The van der Waals surface area contributed by atoms with Gasteiger partial charge in [0.05, 0.1) is 11.8 Å². The van der Waals surface area contributed by atoms with Gasteiger partial charge < -0.3 is 15.5 Å². The van der Waals surface area contributed by atoms with Crippen molar-refractivity contribution >= 4 is 17.6 Å². The van der Waals surface area contributed by atoms with E-state index in [0.717, 1.165) is 5.56 Å². The molecule has 20 heavy (non-hydrogen) atoms. The van der Waals surface area contributed by atoms with E-state index in [4.69, 9.17) is 5.11 Å². The van der Waals surface area contributed by atoms with E-state index in [1.165, 1.54) is 0 Å². The summed E-state index contributed by atoms with van der Waals surface area (Å²) in [4.78, 5) is 23.3. The molecule has 0 aliphatic heterocycles. The maximum Gasteiger partial charge on any atom is 0.307 e. The van der Waals surface area contributed by atoms with Crippen LogP contribution in [-0.4, -0.2) is 22.1 Å². The Labute approximate surface area is 117 Å². The van der Waals surface area contributed by atoms with Gasteiger partial charge in [0.2, 0.25) is 5.91 Å². The Bertz CT molecular complexity index is 592. The molecule has 5 heteroatoms. The number of amides is 1. The molecule has 0 radical (unpaired) electrons. The van der Waals surface area contributed by atoms with E-state index in [1.807, 2.05) is 0 Å². The second kappa shape index (κ2) is 4.51. The van der Waals surface area contributed by atoms with Crippen LogP contribution in [-0.2, 0) is 9.59 Å². The molecule has 108 valence electrons. The van der Waals surface area contributed by atoms with Crippen LogP contribution >= 0.6 is 0 Å². The number of aryl methyl sites for hydroxylation is 1. The number of carbonyl (C=O) groups is 2. The van der Waals surface area contributed by atoms with Crippen LogP contribution in [0.2, 0.25) is 0 Å². The Morgan fingerprint density at radius 1 is 1.20 bits per heavy atom. The molecular weight excluding hydrogens is 258 g/mol. The predicted octanol–water partition coefficient (Wildman–Crippen LogP) is 2.30. The highest BCUT2D eigenvalue weighted by Crippen LogP contribution is 2.58. The lowest BCUT2D eigenvalue weighted by Gasteiger charge is -2.11. The molecule has 1 saturated carbocycles. The quantitative estimate of drug-likeness (QED) is 0.791. The third kappa shape index (κ3) is 2.13. The van der Waals surface area contributed by atoms with E-state index >= 15 is 0 Å². The van der Waals surface area contributed by atoms with Crippen LogP contribution < -0.4 is 5.32 Å². The summed E-state index contributed by atoms with van der Waals surface area (Å²) in [5, 5.41) is 21.7. The van der Waals surface area contributed by atoms with Crippen molar-refractivity contribution in [3.05, 3.63) is 23.3 Å². The largest absolute Gasteiger partial charge is 0.507 e. The Balaban J connectivity index is 2.18. The minimum Gasteiger partial charge on any atom is -0.507 e. The van der Waals surface area contributed by atoms with Crippen molar-refractivity contribution in [1.82, 2.24) is 0 Å². The summed E-state index contributed by atoms with van der Waals surface area (Å²) in [7, 11) is 0. The Morgan fingerprint density at radius 2 is 1.80 bits per heavy atom. The van der Waals surface area contributed by atoms with Crippen LogP contribution in [0.25, 0.3) is 0 Å². The summed E-state index contributed by atoms with van der Waals surface area (Å²) < 4.78 is 0. The summed E-state index contributed by atoms with van der Waals surface area (Å²) in [5.74, 6) is -2.30. The smallest absolute Gasteiger partial charge is 0.307 e. The first kappa shape index (κ1) is 14.4. The number of carboxylic acid groups (broad SMARTS) is 1. The van der Waals surface area contributed by atoms with Gasteiger partial charge in [0.25, 0.3) is 0 Å². The molecule has 2 rings (SSSR count). The molecule has 5 nitrogen and oxygen atoms in total. The average Bonchev–Trinajstić information content (AvgIpc) is 2.93. The zero-order chi connectivity index (χ0) is 15.2. The second-order valence-corrected chi connectivity index (χ2v) is 6.01. The van der Waals surface area contributed by atoms with Gasteiger partial charge in [-0.1, -0.05) is 19.9 Å². The molecule has 0 aromatic heterocycles. The van der Waals surface area contributed by atoms with E-state index in [0.29, 0.717) is 11.3 Å². The van der Waals surface area contributed by atoms with Gasteiger partial charge in [0, 0.05) is 11.3 Å². The molecule has 2 atom stereocenters. The predicted molar refractivity (Wildman–Crippen MR) is 74.6 cm³/mol. The maximum absolute atomic E-state index is 12.2. The van der Waals surface area contributed by atoms with Gasteiger partial charge in [0.1, 0.15) is 5.75 Å². The third-order valence-corrected chi connectivity index (χ3v) is 4.27. The first-order chi connectivity index (χ1) is 9.17. The first-order valence-electron chi connectivity index (χ1n) is 6.50. The second-order valence-electron chi connectivity index (χ2n) is 6.01. The summed E-state index contributed by atoms with van der Waals surface area (Å²) in [6.45, 7) is 7.04. The van der Waals surface area contributed by atoms with Crippen LogP contribution in [0.1, 0.15) is 25.0 Å². The molecule has 0 heterocycles. The number of aromatic hydroxyl groups is 1. The molecule has 0 bridgehead atoms. The minimum atomic E-state index is -0.946. The van der Waals surface area contributed by atoms with Gasteiger partial charge >= 0.3 is 5.97 Å². The number of rotatable bonds is 3. The molecule has 0 saturated heterocycles. The fourth-order valence-electron chi connectivity index (χ4n) is 2.77. The number of hydrogen-bond donors (Lipinski definition) is 3. The monoisotopic (exact) mass is 277 g/mol. The summed E-state index contributed by atoms with van der Waals surface area (Å²) in [5.41, 5.74) is 1.31. The lowest BCUT2D eigenvalue weighted by Crippen LogP contribution is -2.18. The van der Waals surface area contributed by atoms with Crippen molar-refractivity contribution in [1.29, 1.82) is 0 Å². The summed E-state index contributed by atoms with van der Waals surface area (Å²) in [6.07, 6.45) is 0. The van der Waals surface area contributed by atoms with Crippen LogP contribution in [0.15, 0.2) is 12.1 Å². The lowest BCUT2D eigenvalue weighted by atomic mass is 10.1. The molecule has 1 aliphatic rings. The molecule has 0 spiro atoms. The molecule has 1 fully saturated rings. The van der Waals surface area contributed by atoms with Crippen molar-refractivity contribution in [3.8, 4) is 5.75 Å². The molecule has 1 amide bonds. The summed E-state index contributed by atoms with van der Waals surface area (Å²) >= 11 is 0. The van der Waals surface area contributed by atoms with E-state index < -0.39 is 23.2 Å². The number of phenolic OH excluding ortho intramolecular Hbond substituents is 1. The number of carbonyl (C=O) groups excluding carboxylic acids is 1. The normalized spacial score (nSPS) is 23.2. The van der Waals surface area contributed by atoms with Crippen LogP contribution in [0, 0.1) is 31.1 Å². The fraction of sp³-hybridized carbons (Fsp3) is 0.467. The number of nitrogens with one attached hydrogen (secondary N) is 1. The van der Waals surface area contributed by atoms with Gasteiger partial charge in [-0.05, 0) is 30.9 Å². The van der Waals surface area contributed by atoms with Gasteiger partial charge in [-0.3, -0.25) is 9.59 Å². The number of benzene rings is 1. The van der Waals surface area contributed by atoms with E-state index in [-0.39, 0.29) is 11.7 Å². The fourth-order valence-corrected chi connectivity index (χ4v) is 2.77. The molecular formula is C15H19NO4. The number of phenols is 1. The number of hydrogen-bond acceptors (Lipinski definition) is 3. The summed E-state index contributed by atoms with van der Waals surface area (Å²) in [6, 6.07) is 3.43. The van der Waals surface area contributed by atoms with Gasteiger partial charge in [-0.15, -0.1) is 0 Å². The van der Waals surface area contributed by atoms with Crippen molar-refractivity contribution in [2.24, 2.45) is 17.3 Å². The van der Waals surface area contributed by atoms with Crippen molar-refractivity contribution in [2.75, 3.05) is 5.32 Å². The van der Waals surface area contributed by atoms with E-state index in [2.05, 4.69) is 5.32 Å². The highest BCUT2D eigenvalue weighted by atomic mass is 16.4. The highest BCUT2D eigenvalue weighted by molar-refractivity contribution is 6.00. The SMILES string of the molecule is Cc1ccc(NC(=O)[C@H]2[C@@H](C(=O)O)C2(C)C)c(C)c1O. The van der Waals surface area contributed by atoms with Gasteiger partial charge in [0.15, 0.2) is 0 Å². The lowest BCUT2D eigenvalue weighted by molar-refractivity contribution is -0.140. The Hall–Kier alpha value is -2.04. The van der Waals surface area contributed by atoms with Crippen LogP contribution in [0.5, 0.6) is 5.75 Å². The van der Waals surface area contributed by atoms with Crippen molar-refractivity contribution in [3.63, 3.8) is 0 Å². The van der Waals surface area contributed by atoms with Gasteiger partial charge in [-0.25, -0.2) is 0 Å². The number of aliphatic carboxylic acids is 1. The molecule has 1 aromatic carbocycles. The molecule has 1 aromatic rings.